The Morgan fingerprint density at radius 3 is 2.58 bits per heavy atom. The Kier molecular flexibility index (Phi) is 5.46. The van der Waals surface area contributed by atoms with E-state index in [4.69, 9.17) is 4.74 Å². The summed E-state index contributed by atoms with van der Waals surface area (Å²) >= 11 is 0. The summed E-state index contributed by atoms with van der Waals surface area (Å²) in [4.78, 5) is 35.5. The summed E-state index contributed by atoms with van der Waals surface area (Å²) in [5, 5.41) is 2.75. The molecule has 3 rings (SSSR count). The van der Waals surface area contributed by atoms with Crippen molar-refractivity contribution in [2.24, 2.45) is 0 Å². The number of piperidine rings is 1. The minimum atomic E-state index is -0.506. The number of aryl methyl sites for hydroxylation is 1. The van der Waals surface area contributed by atoms with E-state index in [0.29, 0.717) is 17.1 Å². The Morgan fingerprint density at radius 1 is 1.12 bits per heavy atom. The summed E-state index contributed by atoms with van der Waals surface area (Å²) in [5.74, 6) is 0.418. The zero-order chi connectivity index (χ0) is 18.5. The molecule has 1 aliphatic rings. The molecule has 1 aromatic carbocycles. The smallest absolute Gasteiger partial charge is 0.339 e. The Labute approximate surface area is 152 Å². The first-order valence-corrected chi connectivity index (χ1v) is 8.68. The number of methoxy groups -OCH3 is 1. The van der Waals surface area contributed by atoms with Crippen LogP contribution in [0.15, 0.2) is 30.3 Å². The number of carbonyl (C=O) groups excluding carboxylic acids is 2. The fraction of sp³-hybridized carbons (Fsp3) is 0.368. The lowest BCUT2D eigenvalue weighted by Gasteiger charge is -2.28. The molecule has 1 aliphatic heterocycles. The molecule has 0 radical (unpaired) electrons. The normalized spacial score (nSPS) is 14.0. The zero-order valence-electron chi connectivity index (χ0n) is 15.0. The average molecular weight is 354 g/mol. The first kappa shape index (κ1) is 17.8. The minimum absolute atomic E-state index is 0.276. The highest BCUT2D eigenvalue weighted by atomic mass is 16.5. The molecule has 136 valence electrons. The summed E-state index contributed by atoms with van der Waals surface area (Å²) in [6.45, 7) is 3.64. The third-order valence-electron chi connectivity index (χ3n) is 4.32. The number of anilines is 2. The number of hydrogen-bond acceptors (Lipinski definition) is 6. The third-order valence-corrected chi connectivity index (χ3v) is 4.32. The molecule has 1 fully saturated rings. The van der Waals surface area contributed by atoms with E-state index in [1.807, 2.05) is 0 Å². The predicted molar refractivity (Wildman–Crippen MR) is 98.6 cm³/mol. The molecule has 0 saturated carbocycles. The molecule has 0 atom stereocenters. The highest BCUT2D eigenvalue weighted by Crippen LogP contribution is 2.20. The lowest BCUT2D eigenvalue weighted by Crippen LogP contribution is -2.31. The number of para-hydroxylation sites is 1. The van der Waals surface area contributed by atoms with Crippen LogP contribution < -0.4 is 10.2 Å². The van der Waals surface area contributed by atoms with Crippen LogP contribution in [-0.4, -0.2) is 42.0 Å². The van der Waals surface area contributed by atoms with Gasteiger partial charge in [-0.15, -0.1) is 0 Å². The molecule has 1 saturated heterocycles. The second-order valence-corrected chi connectivity index (χ2v) is 6.20. The summed E-state index contributed by atoms with van der Waals surface area (Å²) in [6, 6.07) is 8.42. The van der Waals surface area contributed by atoms with Crippen LogP contribution in [0.25, 0.3) is 0 Å². The number of amides is 1. The maximum Gasteiger partial charge on any atom is 0.339 e. The highest BCUT2D eigenvalue weighted by Gasteiger charge is 2.18. The van der Waals surface area contributed by atoms with Crippen molar-refractivity contribution >= 4 is 23.4 Å². The summed E-state index contributed by atoms with van der Waals surface area (Å²) < 4.78 is 4.76. The first-order valence-electron chi connectivity index (χ1n) is 8.68. The van der Waals surface area contributed by atoms with Gasteiger partial charge < -0.3 is 15.0 Å². The van der Waals surface area contributed by atoms with Gasteiger partial charge in [-0.05, 0) is 38.3 Å². The lowest BCUT2D eigenvalue weighted by atomic mass is 10.1. The third kappa shape index (κ3) is 3.99. The maximum absolute atomic E-state index is 12.7. The van der Waals surface area contributed by atoms with Gasteiger partial charge in [-0.3, -0.25) is 4.79 Å². The standard InChI is InChI=1S/C19H22N4O3/c1-13-20-16(12-17(21-13)23-10-6-3-7-11-23)18(24)22-15-9-5-4-8-14(15)19(25)26-2/h4-5,8-9,12H,3,6-7,10-11H2,1-2H3,(H,22,24). The number of esters is 1. The van der Waals surface area contributed by atoms with E-state index in [1.54, 1.807) is 37.3 Å². The van der Waals surface area contributed by atoms with E-state index in [9.17, 15) is 9.59 Å². The van der Waals surface area contributed by atoms with Gasteiger partial charge in [0, 0.05) is 19.2 Å². The van der Waals surface area contributed by atoms with Crippen LogP contribution in [0.3, 0.4) is 0 Å². The minimum Gasteiger partial charge on any atom is -0.465 e. The van der Waals surface area contributed by atoms with Crippen LogP contribution >= 0.6 is 0 Å². The molecule has 0 aliphatic carbocycles. The van der Waals surface area contributed by atoms with E-state index >= 15 is 0 Å². The van der Waals surface area contributed by atoms with E-state index in [-0.39, 0.29) is 11.6 Å². The van der Waals surface area contributed by atoms with Gasteiger partial charge in [0.2, 0.25) is 0 Å². The van der Waals surface area contributed by atoms with Gasteiger partial charge in [0.05, 0.1) is 18.4 Å². The number of nitrogens with one attached hydrogen (secondary N) is 1. The summed E-state index contributed by atoms with van der Waals surface area (Å²) in [6.07, 6.45) is 3.46. The Bertz CT molecular complexity index is 816. The van der Waals surface area contributed by atoms with Crippen molar-refractivity contribution in [3.8, 4) is 0 Å². The molecular weight excluding hydrogens is 332 g/mol. The Morgan fingerprint density at radius 2 is 1.85 bits per heavy atom. The van der Waals surface area contributed by atoms with Gasteiger partial charge >= 0.3 is 5.97 Å². The zero-order valence-corrected chi connectivity index (χ0v) is 15.0. The van der Waals surface area contributed by atoms with Crippen LogP contribution in [0.2, 0.25) is 0 Å². The van der Waals surface area contributed by atoms with Crippen molar-refractivity contribution in [2.45, 2.75) is 26.2 Å². The van der Waals surface area contributed by atoms with Gasteiger partial charge in [0.1, 0.15) is 17.3 Å². The summed E-state index contributed by atoms with van der Waals surface area (Å²) in [7, 11) is 1.31. The van der Waals surface area contributed by atoms with Crippen LogP contribution in [0, 0.1) is 6.92 Å². The van der Waals surface area contributed by atoms with Gasteiger partial charge in [-0.1, -0.05) is 12.1 Å². The number of aromatic nitrogens is 2. The number of ether oxygens (including phenoxy) is 1. The van der Waals surface area contributed by atoms with E-state index in [0.717, 1.165) is 31.7 Å². The molecule has 0 unspecified atom stereocenters. The fourth-order valence-corrected chi connectivity index (χ4v) is 3.02. The van der Waals surface area contributed by atoms with E-state index in [2.05, 4.69) is 20.2 Å². The molecule has 7 nitrogen and oxygen atoms in total. The molecule has 7 heteroatoms. The number of carbonyl (C=O) groups is 2. The van der Waals surface area contributed by atoms with Crippen molar-refractivity contribution in [2.75, 3.05) is 30.4 Å². The van der Waals surface area contributed by atoms with E-state index in [1.165, 1.54) is 13.5 Å². The Hall–Kier alpha value is -2.96. The molecule has 26 heavy (non-hydrogen) atoms. The van der Waals surface area contributed by atoms with Crippen molar-refractivity contribution in [3.63, 3.8) is 0 Å². The lowest BCUT2D eigenvalue weighted by molar-refractivity contribution is 0.0602. The molecule has 0 bridgehead atoms. The fourth-order valence-electron chi connectivity index (χ4n) is 3.02. The van der Waals surface area contributed by atoms with Crippen LogP contribution in [-0.2, 0) is 4.74 Å². The molecule has 1 amide bonds. The number of hydrogen-bond donors (Lipinski definition) is 1. The van der Waals surface area contributed by atoms with Gasteiger partial charge in [-0.2, -0.15) is 0 Å². The van der Waals surface area contributed by atoms with Crippen molar-refractivity contribution < 1.29 is 14.3 Å². The van der Waals surface area contributed by atoms with Gasteiger partial charge in [-0.25, -0.2) is 14.8 Å². The maximum atomic E-state index is 12.7. The highest BCUT2D eigenvalue weighted by molar-refractivity contribution is 6.07. The van der Waals surface area contributed by atoms with Crippen molar-refractivity contribution in [3.05, 3.63) is 47.4 Å². The SMILES string of the molecule is COC(=O)c1ccccc1NC(=O)c1cc(N2CCCCC2)nc(C)n1. The van der Waals surface area contributed by atoms with Crippen molar-refractivity contribution in [1.29, 1.82) is 0 Å². The number of rotatable bonds is 4. The molecular formula is C19H22N4O3. The van der Waals surface area contributed by atoms with Crippen LogP contribution in [0.4, 0.5) is 11.5 Å². The van der Waals surface area contributed by atoms with Crippen molar-refractivity contribution in [1.82, 2.24) is 9.97 Å². The molecule has 0 spiro atoms. The second-order valence-electron chi connectivity index (χ2n) is 6.20. The predicted octanol–water partition coefficient (Wildman–Crippen LogP) is 2.81. The molecule has 1 N–H and O–H groups in total. The average Bonchev–Trinajstić information content (AvgIpc) is 2.68. The molecule has 2 heterocycles. The molecule has 1 aromatic heterocycles. The van der Waals surface area contributed by atoms with E-state index < -0.39 is 5.97 Å². The Balaban J connectivity index is 1.84. The number of benzene rings is 1. The topological polar surface area (TPSA) is 84.4 Å². The van der Waals surface area contributed by atoms with Crippen LogP contribution in [0.5, 0.6) is 0 Å². The van der Waals surface area contributed by atoms with Gasteiger partial charge in [0.15, 0.2) is 0 Å². The summed E-state index contributed by atoms with van der Waals surface area (Å²) in [5.41, 5.74) is 0.961. The number of nitrogens with zero attached hydrogens (tertiary/aromatic N) is 3. The quantitative estimate of drug-likeness (QED) is 0.850. The largest absolute Gasteiger partial charge is 0.465 e. The second kappa shape index (κ2) is 7.95. The van der Waals surface area contributed by atoms with Gasteiger partial charge in [0.25, 0.3) is 5.91 Å². The van der Waals surface area contributed by atoms with Crippen LogP contribution in [0.1, 0.15) is 45.9 Å². The molecule has 2 aromatic rings. The first-order chi connectivity index (χ1) is 12.6. The monoisotopic (exact) mass is 354 g/mol.